The SMILES string of the molecule is CN=C(NCc1ccc(OC2CCCC2)nc1)NCc1ccccc1CN1CCOCC1.I. The Morgan fingerprint density at radius 1 is 1.06 bits per heavy atom. The molecule has 0 amide bonds. The summed E-state index contributed by atoms with van der Waals surface area (Å²) in [5.74, 6) is 1.50. The van der Waals surface area contributed by atoms with Crippen LogP contribution in [0.5, 0.6) is 5.88 Å². The van der Waals surface area contributed by atoms with E-state index in [2.05, 4.69) is 55.8 Å². The summed E-state index contributed by atoms with van der Waals surface area (Å²) in [4.78, 5) is 11.3. The first-order valence-corrected chi connectivity index (χ1v) is 11.7. The maximum atomic E-state index is 5.95. The fourth-order valence-electron chi connectivity index (χ4n) is 4.23. The quantitative estimate of drug-likeness (QED) is 0.289. The predicted octanol–water partition coefficient (Wildman–Crippen LogP) is 3.72. The van der Waals surface area contributed by atoms with Crippen molar-refractivity contribution in [2.45, 2.75) is 51.4 Å². The third-order valence-corrected chi connectivity index (χ3v) is 6.13. The molecule has 1 saturated heterocycles. The molecular weight excluding hydrogens is 529 g/mol. The van der Waals surface area contributed by atoms with Crippen LogP contribution in [0, 0.1) is 0 Å². The van der Waals surface area contributed by atoms with E-state index >= 15 is 0 Å². The molecule has 0 spiro atoms. The van der Waals surface area contributed by atoms with Crippen molar-refractivity contribution in [2.24, 2.45) is 4.99 Å². The highest BCUT2D eigenvalue weighted by atomic mass is 127. The lowest BCUT2D eigenvalue weighted by Gasteiger charge is -2.27. The molecule has 1 aromatic carbocycles. The Hall–Kier alpha value is -1.91. The number of nitrogens with zero attached hydrogens (tertiary/aromatic N) is 3. The average molecular weight is 566 g/mol. The lowest BCUT2D eigenvalue weighted by molar-refractivity contribution is 0.0341. The van der Waals surface area contributed by atoms with E-state index in [4.69, 9.17) is 9.47 Å². The number of guanidine groups is 1. The number of aromatic nitrogens is 1. The molecule has 7 nitrogen and oxygen atoms in total. The highest BCUT2D eigenvalue weighted by Gasteiger charge is 2.17. The van der Waals surface area contributed by atoms with Crippen LogP contribution in [-0.4, -0.2) is 55.3 Å². The summed E-state index contributed by atoms with van der Waals surface area (Å²) in [7, 11) is 1.80. The zero-order valence-electron chi connectivity index (χ0n) is 19.5. The molecule has 0 radical (unpaired) electrons. The molecule has 8 heteroatoms. The standard InChI is InChI=1S/C25H35N5O2.HI/c1-26-25(28-17-20-10-11-24(27-16-20)32-23-8-4-5-9-23)29-18-21-6-2-3-7-22(21)19-30-12-14-31-15-13-30;/h2-3,6-7,10-11,16,23H,4-5,8-9,12-15,17-19H2,1H3,(H2,26,28,29);1H. The van der Waals surface area contributed by atoms with Crippen molar-refractivity contribution in [3.05, 3.63) is 59.3 Å². The molecule has 4 rings (SSSR count). The number of halogens is 1. The van der Waals surface area contributed by atoms with Gasteiger partial charge in [-0.3, -0.25) is 9.89 Å². The number of ether oxygens (including phenoxy) is 2. The maximum Gasteiger partial charge on any atom is 0.213 e. The number of pyridine rings is 1. The van der Waals surface area contributed by atoms with Crippen molar-refractivity contribution in [1.82, 2.24) is 20.5 Å². The Bertz CT molecular complexity index is 865. The Kier molecular flexibility index (Phi) is 10.7. The van der Waals surface area contributed by atoms with Crippen molar-refractivity contribution in [3.63, 3.8) is 0 Å². The van der Waals surface area contributed by atoms with E-state index < -0.39 is 0 Å². The molecule has 1 aromatic heterocycles. The fourth-order valence-corrected chi connectivity index (χ4v) is 4.23. The number of hydrogen-bond acceptors (Lipinski definition) is 5. The van der Waals surface area contributed by atoms with Crippen molar-refractivity contribution >= 4 is 29.9 Å². The van der Waals surface area contributed by atoms with E-state index in [1.807, 2.05) is 12.3 Å². The lowest BCUT2D eigenvalue weighted by atomic mass is 10.1. The number of nitrogens with one attached hydrogen (secondary N) is 2. The summed E-state index contributed by atoms with van der Waals surface area (Å²) in [6, 6.07) is 12.6. The van der Waals surface area contributed by atoms with Gasteiger partial charge in [0.1, 0.15) is 6.10 Å². The van der Waals surface area contributed by atoms with Gasteiger partial charge < -0.3 is 20.1 Å². The molecule has 33 heavy (non-hydrogen) atoms. The van der Waals surface area contributed by atoms with Crippen LogP contribution < -0.4 is 15.4 Å². The van der Waals surface area contributed by atoms with E-state index in [1.165, 1.54) is 24.0 Å². The molecule has 0 atom stereocenters. The minimum atomic E-state index is 0. The van der Waals surface area contributed by atoms with Crippen molar-refractivity contribution in [1.29, 1.82) is 0 Å². The highest BCUT2D eigenvalue weighted by molar-refractivity contribution is 14.0. The largest absolute Gasteiger partial charge is 0.474 e. The van der Waals surface area contributed by atoms with Crippen LogP contribution in [0.3, 0.4) is 0 Å². The second-order valence-corrected chi connectivity index (χ2v) is 8.47. The topological polar surface area (TPSA) is 71.0 Å². The fraction of sp³-hybridized carbons (Fsp3) is 0.520. The third-order valence-electron chi connectivity index (χ3n) is 6.13. The second kappa shape index (κ2) is 13.7. The Morgan fingerprint density at radius 3 is 2.48 bits per heavy atom. The molecule has 0 unspecified atom stereocenters. The molecule has 2 aliphatic rings. The Labute approximate surface area is 214 Å². The van der Waals surface area contributed by atoms with E-state index in [1.54, 1.807) is 7.05 Å². The van der Waals surface area contributed by atoms with Crippen LogP contribution >= 0.6 is 24.0 Å². The summed E-state index contributed by atoms with van der Waals surface area (Å²) >= 11 is 0. The first-order valence-electron chi connectivity index (χ1n) is 11.7. The summed E-state index contributed by atoms with van der Waals surface area (Å²) < 4.78 is 11.4. The minimum Gasteiger partial charge on any atom is -0.474 e. The van der Waals surface area contributed by atoms with E-state index in [0.717, 1.165) is 69.6 Å². The molecule has 1 aliphatic heterocycles. The van der Waals surface area contributed by atoms with Gasteiger partial charge in [-0.2, -0.15) is 0 Å². The van der Waals surface area contributed by atoms with E-state index in [0.29, 0.717) is 12.6 Å². The van der Waals surface area contributed by atoms with Gasteiger partial charge in [-0.1, -0.05) is 30.3 Å². The van der Waals surface area contributed by atoms with Gasteiger partial charge in [0.2, 0.25) is 5.88 Å². The number of aliphatic imine (C=N–C) groups is 1. The summed E-state index contributed by atoms with van der Waals surface area (Å²) in [5.41, 5.74) is 3.73. The van der Waals surface area contributed by atoms with Crippen molar-refractivity contribution < 1.29 is 9.47 Å². The van der Waals surface area contributed by atoms with E-state index in [9.17, 15) is 0 Å². The van der Waals surface area contributed by atoms with Crippen LogP contribution in [0.1, 0.15) is 42.4 Å². The number of rotatable bonds is 8. The van der Waals surface area contributed by atoms with Gasteiger partial charge in [0.15, 0.2) is 5.96 Å². The lowest BCUT2D eigenvalue weighted by Crippen LogP contribution is -2.37. The molecule has 2 heterocycles. The number of benzene rings is 1. The minimum absolute atomic E-state index is 0. The molecule has 2 fully saturated rings. The van der Waals surface area contributed by atoms with Gasteiger partial charge in [0.05, 0.1) is 13.2 Å². The molecule has 1 saturated carbocycles. The molecule has 2 N–H and O–H groups in total. The van der Waals surface area contributed by atoms with Gasteiger partial charge in [-0.15, -0.1) is 24.0 Å². The molecule has 180 valence electrons. The molecule has 0 bridgehead atoms. The average Bonchev–Trinajstić information content (AvgIpc) is 3.35. The van der Waals surface area contributed by atoms with Crippen LogP contribution in [0.15, 0.2) is 47.6 Å². The molecule has 2 aromatic rings. The van der Waals surface area contributed by atoms with Gasteiger partial charge in [0.25, 0.3) is 0 Å². The second-order valence-electron chi connectivity index (χ2n) is 8.47. The number of morpholine rings is 1. The Balaban J connectivity index is 0.00000306. The van der Waals surface area contributed by atoms with Crippen molar-refractivity contribution in [3.8, 4) is 5.88 Å². The smallest absolute Gasteiger partial charge is 0.213 e. The van der Waals surface area contributed by atoms with Crippen LogP contribution in [0.4, 0.5) is 0 Å². The van der Waals surface area contributed by atoms with Crippen molar-refractivity contribution in [2.75, 3.05) is 33.4 Å². The Morgan fingerprint density at radius 2 is 1.79 bits per heavy atom. The summed E-state index contributed by atoms with van der Waals surface area (Å²) in [6.45, 7) is 5.96. The maximum absolute atomic E-state index is 5.95. The monoisotopic (exact) mass is 565 g/mol. The third kappa shape index (κ3) is 8.12. The summed E-state index contributed by atoms with van der Waals surface area (Å²) in [6.07, 6.45) is 7.01. The van der Waals surface area contributed by atoms with Crippen LogP contribution in [0.25, 0.3) is 0 Å². The first kappa shape index (κ1) is 25.7. The van der Waals surface area contributed by atoms with Crippen LogP contribution in [-0.2, 0) is 24.4 Å². The first-order chi connectivity index (χ1) is 15.8. The van der Waals surface area contributed by atoms with Gasteiger partial charge in [0, 0.05) is 52.0 Å². The number of hydrogen-bond donors (Lipinski definition) is 2. The highest BCUT2D eigenvalue weighted by Crippen LogP contribution is 2.22. The zero-order chi connectivity index (χ0) is 22.0. The zero-order valence-corrected chi connectivity index (χ0v) is 21.8. The van der Waals surface area contributed by atoms with Gasteiger partial charge >= 0.3 is 0 Å². The summed E-state index contributed by atoms with van der Waals surface area (Å²) in [5, 5.41) is 6.82. The van der Waals surface area contributed by atoms with Gasteiger partial charge in [-0.25, -0.2) is 4.98 Å². The van der Waals surface area contributed by atoms with Gasteiger partial charge in [-0.05, 0) is 42.4 Å². The normalized spacial score (nSPS) is 17.4. The van der Waals surface area contributed by atoms with E-state index in [-0.39, 0.29) is 24.0 Å². The molecular formula is C25H36IN5O2. The predicted molar refractivity (Wildman–Crippen MR) is 142 cm³/mol. The van der Waals surface area contributed by atoms with Crippen LogP contribution in [0.2, 0.25) is 0 Å². The molecule has 1 aliphatic carbocycles.